The van der Waals surface area contributed by atoms with E-state index in [1.807, 2.05) is 0 Å². The Labute approximate surface area is 109 Å². The lowest BCUT2D eigenvalue weighted by atomic mass is 9.86. The molecule has 0 radical (unpaired) electrons. The van der Waals surface area contributed by atoms with Gasteiger partial charge in [0.1, 0.15) is 5.78 Å². The Bertz CT molecular complexity index is 477. The quantitative estimate of drug-likeness (QED) is 0.824. The number of Topliss-reactive ketones (excluding diaryl/α,β-unsaturated/α-hetero) is 1. The molecule has 3 nitrogen and oxygen atoms in total. The van der Waals surface area contributed by atoms with Gasteiger partial charge in [0.2, 0.25) is 0 Å². The van der Waals surface area contributed by atoms with Crippen LogP contribution < -0.4 is 0 Å². The Balaban J connectivity index is 2.37. The molecule has 0 saturated heterocycles. The van der Waals surface area contributed by atoms with Crippen molar-refractivity contribution in [3.8, 4) is 0 Å². The summed E-state index contributed by atoms with van der Waals surface area (Å²) in [5.41, 5.74) is -0.329. The number of halogens is 3. The van der Waals surface area contributed by atoms with Gasteiger partial charge in [-0.05, 0) is 32.8 Å². The summed E-state index contributed by atoms with van der Waals surface area (Å²) in [5.74, 6) is -0.00596. The maximum atomic E-state index is 12.7. The fourth-order valence-electron chi connectivity index (χ4n) is 2.54. The second-order valence-electron chi connectivity index (χ2n) is 5.32. The molecule has 106 valence electrons. The molecule has 1 aliphatic rings. The van der Waals surface area contributed by atoms with Crippen molar-refractivity contribution in [1.29, 1.82) is 0 Å². The van der Waals surface area contributed by atoms with Gasteiger partial charge >= 0.3 is 6.18 Å². The van der Waals surface area contributed by atoms with Crippen LogP contribution >= 0.6 is 0 Å². The van der Waals surface area contributed by atoms with Gasteiger partial charge in [-0.25, -0.2) is 0 Å². The van der Waals surface area contributed by atoms with E-state index >= 15 is 0 Å². The zero-order valence-corrected chi connectivity index (χ0v) is 11.0. The minimum absolute atomic E-state index is 0.126. The third-order valence-corrected chi connectivity index (χ3v) is 3.44. The average molecular weight is 274 g/mol. The van der Waals surface area contributed by atoms with E-state index in [1.54, 1.807) is 13.8 Å². The second-order valence-corrected chi connectivity index (χ2v) is 5.32. The first-order valence-corrected chi connectivity index (χ1v) is 6.47. The van der Waals surface area contributed by atoms with E-state index in [9.17, 15) is 18.0 Å². The molecular weight excluding hydrogens is 257 g/mol. The molecule has 2 rings (SSSR count). The van der Waals surface area contributed by atoms with Crippen LogP contribution in [0.3, 0.4) is 0 Å². The van der Waals surface area contributed by atoms with E-state index < -0.39 is 11.9 Å². The third kappa shape index (κ3) is 2.98. The minimum atomic E-state index is -4.44. The van der Waals surface area contributed by atoms with Crippen molar-refractivity contribution in [3.63, 3.8) is 0 Å². The number of aromatic nitrogens is 2. The predicted octanol–water partition coefficient (Wildman–Crippen LogP) is 3.71. The number of ketones is 1. The molecule has 0 spiro atoms. The van der Waals surface area contributed by atoms with E-state index in [1.165, 1.54) is 4.68 Å². The number of nitrogens with zero attached hydrogens (tertiary/aromatic N) is 2. The van der Waals surface area contributed by atoms with Crippen LogP contribution in [0.15, 0.2) is 6.07 Å². The summed E-state index contributed by atoms with van der Waals surface area (Å²) in [6, 6.07) is 0.951. The normalized spacial score (nSPS) is 21.2. The number of carbonyl (C=O) groups is 1. The molecule has 1 atom stereocenters. The first-order valence-electron chi connectivity index (χ1n) is 6.47. The lowest BCUT2D eigenvalue weighted by Gasteiger charge is -2.23. The maximum Gasteiger partial charge on any atom is 0.435 e. The lowest BCUT2D eigenvalue weighted by molar-refractivity contribution is -0.141. The molecule has 6 heteroatoms. The van der Waals surface area contributed by atoms with Crippen LogP contribution in [0.5, 0.6) is 0 Å². The van der Waals surface area contributed by atoms with Crippen molar-refractivity contribution in [2.45, 2.75) is 57.7 Å². The highest BCUT2D eigenvalue weighted by atomic mass is 19.4. The minimum Gasteiger partial charge on any atom is -0.300 e. The van der Waals surface area contributed by atoms with Gasteiger partial charge < -0.3 is 0 Å². The van der Waals surface area contributed by atoms with Gasteiger partial charge in [0.05, 0.1) is 0 Å². The molecule has 0 amide bonds. The van der Waals surface area contributed by atoms with Gasteiger partial charge in [-0.1, -0.05) is 0 Å². The largest absolute Gasteiger partial charge is 0.435 e. The number of rotatable bonds is 2. The van der Waals surface area contributed by atoms with Gasteiger partial charge in [-0.2, -0.15) is 18.3 Å². The third-order valence-electron chi connectivity index (χ3n) is 3.44. The van der Waals surface area contributed by atoms with E-state index in [0.29, 0.717) is 18.5 Å². The van der Waals surface area contributed by atoms with Crippen LogP contribution in [0.1, 0.15) is 62.9 Å². The van der Waals surface area contributed by atoms with Gasteiger partial charge in [-0.15, -0.1) is 0 Å². The molecular formula is C13H17F3N2O. The Morgan fingerprint density at radius 1 is 1.42 bits per heavy atom. The topological polar surface area (TPSA) is 34.9 Å². The summed E-state index contributed by atoms with van der Waals surface area (Å²) in [5, 5.41) is 3.66. The Hall–Kier alpha value is -1.33. The van der Waals surface area contributed by atoms with Crippen LogP contribution in [0.4, 0.5) is 13.2 Å². The molecule has 0 bridgehead atoms. The number of hydrogen-bond acceptors (Lipinski definition) is 2. The van der Waals surface area contributed by atoms with Crippen molar-refractivity contribution in [3.05, 3.63) is 17.5 Å². The zero-order valence-electron chi connectivity index (χ0n) is 11.0. The molecule has 1 heterocycles. The van der Waals surface area contributed by atoms with E-state index in [4.69, 9.17) is 0 Å². The SMILES string of the molecule is CC(C)n1nc(C(F)(F)F)cc1C1CCCC(=O)C1. The number of carbonyl (C=O) groups excluding carboxylic acids is 1. The summed E-state index contributed by atoms with van der Waals surface area (Å²) in [6.45, 7) is 3.59. The summed E-state index contributed by atoms with van der Waals surface area (Å²) >= 11 is 0. The van der Waals surface area contributed by atoms with E-state index in [0.717, 1.165) is 18.9 Å². The molecule has 1 fully saturated rings. The van der Waals surface area contributed by atoms with Crippen molar-refractivity contribution < 1.29 is 18.0 Å². The van der Waals surface area contributed by atoms with Crippen LogP contribution in [0.2, 0.25) is 0 Å². The van der Waals surface area contributed by atoms with Crippen molar-refractivity contribution in [1.82, 2.24) is 9.78 Å². The van der Waals surface area contributed by atoms with Crippen LogP contribution in [0, 0.1) is 0 Å². The first kappa shape index (κ1) is 14.1. The summed E-state index contributed by atoms with van der Waals surface area (Å²) in [6.07, 6.45) is -2.07. The Kier molecular flexibility index (Phi) is 3.69. The summed E-state index contributed by atoms with van der Waals surface area (Å²) < 4.78 is 39.6. The smallest absolute Gasteiger partial charge is 0.300 e. The van der Waals surface area contributed by atoms with Crippen LogP contribution in [0.25, 0.3) is 0 Å². The molecule has 19 heavy (non-hydrogen) atoms. The highest BCUT2D eigenvalue weighted by molar-refractivity contribution is 5.80. The van der Waals surface area contributed by atoms with Gasteiger partial charge in [-0.3, -0.25) is 9.48 Å². The fourth-order valence-corrected chi connectivity index (χ4v) is 2.54. The molecule has 1 aliphatic carbocycles. The molecule has 1 aromatic rings. The van der Waals surface area contributed by atoms with Crippen molar-refractivity contribution >= 4 is 5.78 Å². The van der Waals surface area contributed by atoms with Crippen LogP contribution in [-0.2, 0) is 11.0 Å². The van der Waals surface area contributed by atoms with Gasteiger partial charge in [0.25, 0.3) is 0 Å². The van der Waals surface area contributed by atoms with Gasteiger partial charge in [0.15, 0.2) is 5.69 Å². The monoisotopic (exact) mass is 274 g/mol. The predicted molar refractivity (Wildman–Crippen MR) is 63.8 cm³/mol. The van der Waals surface area contributed by atoms with Crippen molar-refractivity contribution in [2.75, 3.05) is 0 Å². The van der Waals surface area contributed by atoms with E-state index in [-0.39, 0.29) is 17.7 Å². The zero-order chi connectivity index (χ0) is 14.2. The first-order chi connectivity index (χ1) is 8.79. The number of hydrogen-bond donors (Lipinski definition) is 0. The molecule has 0 aromatic carbocycles. The molecule has 1 unspecified atom stereocenters. The van der Waals surface area contributed by atoms with Crippen LogP contribution in [-0.4, -0.2) is 15.6 Å². The maximum absolute atomic E-state index is 12.7. The molecule has 1 saturated carbocycles. The number of alkyl halides is 3. The van der Waals surface area contributed by atoms with Crippen molar-refractivity contribution in [2.24, 2.45) is 0 Å². The molecule has 0 N–H and O–H groups in total. The highest BCUT2D eigenvalue weighted by Gasteiger charge is 2.36. The lowest BCUT2D eigenvalue weighted by Crippen LogP contribution is -2.18. The second kappa shape index (κ2) is 4.98. The Morgan fingerprint density at radius 3 is 2.63 bits per heavy atom. The standard InChI is InChI=1S/C13H17F3N2O/c1-8(2)18-11(7-12(17-18)13(14,15)16)9-4-3-5-10(19)6-9/h7-9H,3-6H2,1-2H3. The fraction of sp³-hybridized carbons (Fsp3) is 0.692. The van der Waals surface area contributed by atoms with E-state index in [2.05, 4.69) is 5.10 Å². The molecule has 0 aliphatic heterocycles. The summed E-state index contributed by atoms with van der Waals surface area (Å²) in [7, 11) is 0. The Morgan fingerprint density at radius 2 is 2.11 bits per heavy atom. The average Bonchev–Trinajstić information content (AvgIpc) is 2.73. The summed E-state index contributed by atoms with van der Waals surface area (Å²) in [4.78, 5) is 11.5. The van der Waals surface area contributed by atoms with Gasteiger partial charge in [0, 0.05) is 30.5 Å². The highest BCUT2D eigenvalue weighted by Crippen LogP contribution is 2.36. The molecule has 1 aromatic heterocycles.